The number of carbonyl (C=O) groups excluding carboxylic acids is 1. The van der Waals surface area contributed by atoms with Crippen LogP contribution in [-0.4, -0.2) is 80.3 Å². The van der Waals surface area contributed by atoms with Gasteiger partial charge in [-0.05, 0) is 24.3 Å². The van der Waals surface area contributed by atoms with Crippen molar-refractivity contribution >= 4 is 21.8 Å². The third-order valence-corrected chi connectivity index (χ3v) is 6.34. The first-order valence-electron chi connectivity index (χ1n) is 7.96. The van der Waals surface area contributed by atoms with Crippen LogP contribution in [-0.2, 0) is 14.9 Å². The number of morpholine rings is 1. The second-order valence-corrected chi connectivity index (χ2v) is 7.76. The number of rotatable bonds is 3. The Morgan fingerprint density at radius 3 is 2.04 bits per heavy atom. The summed E-state index contributed by atoms with van der Waals surface area (Å²) in [5, 5.41) is 0. The molecule has 1 aromatic rings. The normalized spacial score (nSPS) is 20.9. The second kappa shape index (κ2) is 7.06. The Bertz CT molecular complexity index is 678. The number of anilines is 1. The Hall–Kier alpha value is -1.68. The van der Waals surface area contributed by atoms with Crippen molar-refractivity contribution in [3.63, 3.8) is 0 Å². The van der Waals surface area contributed by atoms with Crippen molar-refractivity contribution in [2.24, 2.45) is 0 Å². The van der Waals surface area contributed by atoms with Crippen LogP contribution in [0.4, 0.5) is 5.69 Å². The van der Waals surface area contributed by atoms with Crippen molar-refractivity contribution in [2.75, 3.05) is 58.2 Å². The maximum Gasteiger partial charge on any atom is 0.282 e. The summed E-state index contributed by atoms with van der Waals surface area (Å²) in [5.74, 6) is -0.0987. The topological polar surface area (TPSA) is 96.2 Å². The van der Waals surface area contributed by atoms with Gasteiger partial charge in [0.1, 0.15) is 0 Å². The highest BCUT2D eigenvalue weighted by Gasteiger charge is 2.34. The highest BCUT2D eigenvalue weighted by Crippen LogP contribution is 2.16. The van der Waals surface area contributed by atoms with Gasteiger partial charge in [-0.2, -0.15) is 17.0 Å². The number of nitrogen functional groups attached to an aromatic ring is 1. The fourth-order valence-electron chi connectivity index (χ4n) is 2.87. The molecule has 3 rings (SSSR count). The molecule has 0 bridgehead atoms. The van der Waals surface area contributed by atoms with Crippen LogP contribution in [0, 0.1) is 0 Å². The molecule has 8 nitrogen and oxygen atoms in total. The number of nitrogens with zero attached hydrogens (tertiary/aromatic N) is 3. The predicted octanol–water partition coefficient (Wildman–Crippen LogP) is -0.396. The monoisotopic (exact) mass is 354 g/mol. The molecule has 1 amide bonds. The summed E-state index contributed by atoms with van der Waals surface area (Å²) < 4.78 is 33.3. The molecular weight excluding hydrogens is 332 g/mol. The van der Waals surface area contributed by atoms with Gasteiger partial charge in [0.05, 0.1) is 13.2 Å². The summed E-state index contributed by atoms with van der Waals surface area (Å²) in [7, 11) is -3.47. The Labute approximate surface area is 141 Å². The average Bonchev–Trinajstić information content (AvgIpc) is 2.62. The number of nitrogens with two attached hydrogens (primary N) is 1. The highest BCUT2D eigenvalue weighted by molar-refractivity contribution is 7.86. The van der Waals surface area contributed by atoms with Crippen molar-refractivity contribution in [1.29, 1.82) is 0 Å². The smallest absolute Gasteiger partial charge is 0.282 e. The number of amides is 1. The quantitative estimate of drug-likeness (QED) is 0.746. The molecule has 0 aliphatic carbocycles. The fraction of sp³-hybridized carbons (Fsp3) is 0.533. The number of ether oxygens (including phenoxy) is 1. The zero-order valence-electron chi connectivity index (χ0n) is 13.4. The molecule has 0 spiro atoms. The van der Waals surface area contributed by atoms with Crippen LogP contribution in [0.3, 0.4) is 0 Å². The van der Waals surface area contributed by atoms with Gasteiger partial charge < -0.3 is 15.4 Å². The summed E-state index contributed by atoms with van der Waals surface area (Å²) in [4.78, 5) is 14.1. The molecule has 2 aliphatic rings. The molecule has 0 atom stereocenters. The van der Waals surface area contributed by atoms with E-state index in [4.69, 9.17) is 10.5 Å². The second-order valence-electron chi connectivity index (χ2n) is 5.83. The minimum atomic E-state index is -3.47. The molecule has 0 radical (unpaired) electrons. The third-order valence-electron chi connectivity index (χ3n) is 4.31. The number of hydrogen-bond acceptors (Lipinski definition) is 5. The van der Waals surface area contributed by atoms with Crippen LogP contribution >= 0.6 is 0 Å². The van der Waals surface area contributed by atoms with Crippen LogP contribution in [0.2, 0.25) is 0 Å². The van der Waals surface area contributed by atoms with E-state index >= 15 is 0 Å². The van der Waals surface area contributed by atoms with E-state index in [0.29, 0.717) is 63.7 Å². The predicted molar refractivity (Wildman–Crippen MR) is 89.6 cm³/mol. The minimum Gasteiger partial charge on any atom is -0.399 e. The molecule has 2 saturated heterocycles. The van der Waals surface area contributed by atoms with Gasteiger partial charge in [0.2, 0.25) is 0 Å². The number of hydrogen-bond donors (Lipinski definition) is 1. The van der Waals surface area contributed by atoms with Crippen LogP contribution in [0.15, 0.2) is 24.3 Å². The molecule has 1 aromatic carbocycles. The van der Waals surface area contributed by atoms with E-state index in [0.717, 1.165) is 0 Å². The van der Waals surface area contributed by atoms with Gasteiger partial charge in [-0.1, -0.05) is 0 Å². The van der Waals surface area contributed by atoms with E-state index in [1.54, 1.807) is 29.2 Å². The number of piperazine rings is 1. The average molecular weight is 354 g/mol. The number of benzene rings is 1. The lowest BCUT2D eigenvalue weighted by Gasteiger charge is -2.37. The molecule has 132 valence electrons. The Kier molecular flexibility index (Phi) is 5.04. The van der Waals surface area contributed by atoms with Gasteiger partial charge in [0, 0.05) is 50.5 Å². The maximum absolute atomic E-state index is 12.6. The summed E-state index contributed by atoms with van der Waals surface area (Å²) in [5.41, 5.74) is 6.80. The van der Waals surface area contributed by atoms with E-state index < -0.39 is 10.2 Å². The maximum atomic E-state index is 12.6. The summed E-state index contributed by atoms with van der Waals surface area (Å²) in [6, 6.07) is 6.75. The van der Waals surface area contributed by atoms with E-state index in [-0.39, 0.29) is 5.91 Å². The molecule has 2 aliphatic heterocycles. The zero-order valence-corrected chi connectivity index (χ0v) is 14.2. The molecule has 2 heterocycles. The molecule has 0 aromatic heterocycles. The summed E-state index contributed by atoms with van der Waals surface area (Å²) >= 11 is 0. The van der Waals surface area contributed by atoms with E-state index in [2.05, 4.69) is 0 Å². The van der Waals surface area contributed by atoms with Crippen LogP contribution in [0.5, 0.6) is 0 Å². The molecule has 24 heavy (non-hydrogen) atoms. The lowest BCUT2D eigenvalue weighted by atomic mass is 10.1. The summed E-state index contributed by atoms with van der Waals surface area (Å²) in [6.45, 7) is 2.99. The van der Waals surface area contributed by atoms with Crippen LogP contribution < -0.4 is 5.73 Å². The highest BCUT2D eigenvalue weighted by atomic mass is 32.2. The lowest BCUT2D eigenvalue weighted by Crippen LogP contribution is -2.55. The van der Waals surface area contributed by atoms with E-state index in [1.165, 1.54) is 8.61 Å². The Balaban J connectivity index is 1.61. The SMILES string of the molecule is Nc1ccc(C(=O)N2CCN(S(=O)(=O)N3CCOCC3)CC2)cc1. The largest absolute Gasteiger partial charge is 0.399 e. The van der Waals surface area contributed by atoms with Crippen molar-refractivity contribution in [2.45, 2.75) is 0 Å². The minimum absolute atomic E-state index is 0.0987. The zero-order chi connectivity index (χ0) is 17.2. The standard InChI is InChI=1S/C15H22N4O4S/c16-14-3-1-13(2-4-14)15(20)17-5-7-18(8-6-17)24(21,22)19-9-11-23-12-10-19/h1-4H,5-12,16H2. The third kappa shape index (κ3) is 3.54. The molecule has 0 saturated carbocycles. The van der Waals surface area contributed by atoms with Gasteiger partial charge in [-0.3, -0.25) is 4.79 Å². The Morgan fingerprint density at radius 1 is 0.917 bits per heavy atom. The van der Waals surface area contributed by atoms with Gasteiger partial charge in [0.15, 0.2) is 0 Å². The van der Waals surface area contributed by atoms with Gasteiger partial charge >= 0.3 is 0 Å². The Morgan fingerprint density at radius 2 is 1.46 bits per heavy atom. The summed E-state index contributed by atoms with van der Waals surface area (Å²) in [6.07, 6.45) is 0. The van der Waals surface area contributed by atoms with Crippen molar-refractivity contribution in [3.05, 3.63) is 29.8 Å². The number of carbonyl (C=O) groups is 1. The van der Waals surface area contributed by atoms with Crippen molar-refractivity contribution in [1.82, 2.24) is 13.5 Å². The van der Waals surface area contributed by atoms with Gasteiger partial charge in [0.25, 0.3) is 16.1 Å². The fourth-order valence-corrected chi connectivity index (χ4v) is 4.43. The van der Waals surface area contributed by atoms with E-state index in [1.807, 2.05) is 0 Å². The van der Waals surface area contributed by atoms with E-state index in [9.17, 15) is 13.2 Å². The molecule has 2 N–H and O–H groups in total. The lowest BCUT2D eigenvalue weighted by molar-refractivity contribution is 0.0636. The molecule has 2 fully saturated rings. The first-order valence-corrected chi connectivity index (χ1v) is 9.36. The first kappa shape index (κ1) is 17.2. The molecule has 9 heteroatoms. The van der Waals surface area contributed by atoms with Crippen molar-refractivity contribution in [3.8, 4) is 0 Å². The van der Waals surface area contributed by atoms with Crippen LogP contribution in [0.25, 0.3) is 0 Å². The van der Waals surface area contributed by atoms with Crippen LogP contribution in [0.1, 0.15) is 10.4 Å². The molecular formula is C15H22N4O4S. The van der Waals surface area contributed by atoms with Crippen molar-refractivity contribution < 1.29 is 17.9 Å². The van der Waals surface area contributed by atoms with Gasteiger partial charge in [-0.15, -0.1) is 0 Å². The first-order chi connectivity index (χ1) is 11.5. The molecule has 0 unspecified atom stereocenters. The van der Waals surface area contributed by atoms with Gasteiger partial charge in [-0.25, -0.2) is 0 Å².